The molecular formula is C16H19N2O2+. The van der Waals surface area contributed by atoms with Crippen molar-refractivity contribution >= 4 is 5.91 Å². The van der Waals surface area contributed by atoms with Crippen molar-refractivity contribution in [1.82, 2.24) is 5.32 Å². The number of pyridine rings is 1. The highest BCUT2D eigenvalue weighted by molar-refractivity contribution is 5.74. The van der Waals surface area contributed by atoms with Crippen LogP contribution in [0.25, 0.3) is 0 Å². The third-order valence-electron chi connectivity index (χ3n) is 3.11. The zero-order valence-electron chi connectivity index (χ0n) is 11.4. The summed E-state index contributed by atoms with van der Waals surface area (Å²) in [6.07, 6.45) is 2.95. The molecule has 2 atom stereocenters. The molecule has 4 heteroatoms. The average Bonchev–Trinajstić information content (AvgIpc) is 2.48. The van der Waals surface area contributed by atoms with Crippen LogP contribution in [0, 0.1) is 0 Å². The van der Waals surface area contributed by atoms with Gasteiger partial charge in [0.1, 0.15) is 0 Å². The lowest BCUT2D eigenvalue weighted by Crippen LogP contribution is -2.46. The highest BCUT2D eigenvalue weighted by atomic mass is 16.3. The van der Waals surface area contributed by atoms with Gasteiger partial charge in [0.15, 0.2) is 12.4 Å². The predicted molar refractivity (Wildman–Crippen MR) is 75.6 cm³/mol. The molecule has 0 aliphatic rings. The number of nitrogens with zero attached hydrogens (tertiary/aromatic N) is 1. The van der Waals surface area contributed by atoms with E-state index in [9.17, 15) is 9.90 Å². The Labute approximate surface area is 118 Å². The van der Waals surface area contributed by atoms with Crippen molar-refractivity contribution in [2.45, 2.75) is 25.6 Å². The molecule has 0 bridgehead atoms. The summed E-state index contributed by atoms with van der Waals surface area (Å²) < 4.78 is 1.79. The van der Waals surface area contributed by atoms with Gasteiger partial charge in [-0.2, -0.15) is 4.57 Å². The summed E-state index contributed by atoms with van der Waals surface area (Å²) in [7, 11) is 0. The van der Waals surface area contributed by atoms with Crippen molar-refractivity contribution in [3.8, 4) is 0 Å². The van der Waals surface area contributed by atoms with Crippen LogP contribution in [-0.4, -0.2) is 17.1 Å². The summed E-state index contributed by atoms with van der Waals surface area (Å²) in [6, 6.07) is 14.6. The molecule has 1 aromatic carbocycles. The molecule has 0 radical (unpaired) electrons. The van der Waals surface area contributed by atoms with Gasteiger partial charge < -0.3 is 10.4 Å². The standard InChI is InChI=1S/C16H18N2O2/c1-13(16(20)14-8-4-2-5-9-14)17-15(19)12-18-10-6-3-7-11-18/h2-11,13,16,20H,12H2,1H3/p+1/t13-,16-/m1/s1. The SMILES string of the molecule is C[C@@H](NC(=O)C[n+]1ccccc1)[C@@H](O)c1ccccc1. The number of benzene rings is 1. The summed E-state index contributed by atoms with van der Waals surface area (Å²) in [4.78, 5) is 11.9. The lowest BCUT2D eigenvalue weighted by molar-refractivity contribution is -0.684. The van der Waals surface area contributed by atoms with Crippen molar-refractivity contribution in [3.05, 3.63) is 66.5 Å². The van der Waals surface area contributed by atoms with Crippen LogP contribution in [0.5, 0.6) is 0 Å². The van der Waals surface area contributed by atoms with Crippen molar-refractivity contribution < 1.29 is 14.5 Å². The summed E-state index contributed by atoms with van der Waals surface area (Å²) in [5.41, 5.74) is 0.799. The number of hydrogen-bond donors (Lipinski definition) is 2. The maximum atomic E-state index is 11.9. The lowest BCUT2D eigenvalue weighted by Gasteiger charge is -2.19. The number of carbonyl (C=O) groups is 1. The van der Waals surface area contributed by atoms with Crippen LogP contribution in [-0.2, 0) is 11.3 Å². The third kappa shape index (κ3) is 3.90. The normalized spacial score (nSPS) is 13.5. The Morgan fingerprint density at radius 1 is 1.15 bits per heavy atom. The monoisotopic (exact) mass is 271 g/mol. The van der Waals surface area contributed by atoms with E-state index in [0.717, 1.165) is 5.56 Å². The van der Waals surface area contributed by atoms with E-state index in [2.05, 4.69) is 5.32 Å². The first kappa shape index (κ1) is 14.2. The fourth-order valence-electron chi connectivity index (χ4n) is 2.02. The molecule has 20 heavy (non-hydrogen) atoms. The average molecular weight is 271 g/mol. The van der Waals surface area contributed by atoms with Crippen LogP contribution >= 0.6 is 0 Å². The first-order chi connectivity index (χ1) is 9.66. The Kier molecular flexibility index (Phi) is 4.85. The van der Waals surface area contributed by atoms with E-state index in [4.69, 9.17) is 0 Å². The minimum atomic E-state index is -0.707. The van der Waals surface area contributed by atoms with E-state index in [-0.39, 0.29) is 18.5 Å². The van der Waals surface area contributed by atoms with Crippen LogP contribution in [0.2, 0.25) is 0 Å². The largest absolute Gasteiger partial charge is 0.386 e. The molecule has 0 saturated heterocycles. The Morgan fingerprint density at radius 3 is 2.40 bits per heavy atom. The molecule has 4 nitrogen and oxygen atoms in total. The van der Waals surface area contributed by atoms with Crippen LogP contribution in [0.4, 0.5) is 0 Å². The zero-order chi connectivity index (χ0) is 14.4. The van der Waals surface area contributed by atoms with E-state index >= 15 is 0 Å². The maximum Gasteiger partial charge on any atom is 0.286 e. The lowest BCUT2D eigenvalue weighted by atomic mass is 10.0. The number of amides is 1. The maximum absolute atomic E-state index is 11.9. The summed E-state index contributed by atoms with van der Waals surface area (Å²) >= 11 is 0. The van der Waals surface area contributed by atoms with Gasteiger partial charge in [-0.3, -0.25) is 4.79 Å². The number of aliphatic hydroxyl groups excluding tert-OH is 1. The van der Waals surface area contributed by atoms with E-state index in [0.29, 0.717) is 0 Å². The minimum Gasteiger partial charge on any atom is -0.386 e. The van der Waals surface area contributed by atoms with E-state index in [1.807, 2.05) is 60.9 Å². The first-order valence-electron chi connectivity index (χ1n) is 6.63. The second-order valence-electron chi connectivity index (χ2n) is 4.76. The van der Waals surface area contributed by atoms with Gasteiger partial charge >= 0.3 is 0 Å². The van der Waals surface area contributed by atoms with E-state index < -0.39 is 6.10 Å². The van der Waals surface area contributed by atoms with Crippen LogP contribution in [0.3, 0.4) is 0 Å². The van der Waals surface area contributed by atoms with Gasteiger partial charge in [0.05, 0.1) is 12.1 Å². The van der Waals surface area contributed by atoms with Crippen LogP contribution < -0.4 is 9.88 Å². The molecule has 0 aliphatic heterocycles. The smallest absolute Gasteiger partial charge is 0.286 e. The molecule has 2 N–H and O–H groups in total. The summed E-state index contributed by atoms with van der Waals surface area (Å²) in [5, 5.41) is 13.0. The number of nitrogens with one attached hydrogen (secondary N) is 1. The molecular weight excluding hydrogens is 252 g/mol. The molecule has 0 fully saturated rings. The van der Waals surface area contributed by atoms with E-state index in [1.54, 1.807) is 11.5 Å². The quantitative estimate of drug-likeness (QED) is 0.803. The van der Waals surface area contributed by atoms with Gasteiger partial charge in [0.2, 0.25) is 6.54 Å². The molecule has 0 unspecified atom stereocenters. The third-order valence-corrected chi connectivity index (χ3v) is 3.11. The van der Waals surface area contributed by atoms with Gasteiger partial charge in [0.25, 0.3) is 5.91 Å². The second kappa shape index (κ2) is 6.82. The van der Waals surface area contributed by atoms with E-state index in [1.165, 1.54) is 0 Å². The van der Waals surface area contributed by atoms with Gasteiger partial charge in [-0.15, -0.1) is 0 Å². The Hall–Kier alpha value is -2.20. The Morgan fingerprint density at radius 2 is 1.75 bits per heavy atom. The highest BCUT2D eigenvalue weighted by Crippen LogP contribution is 2.15. The fourth-order valence-corrected chi connectivity index (χ4v) is 2.02. The van der Waals surface area contributed by atoms with Crippen molar-refractivity contribution in [1.29, 1.82) is 0 Å². The number of rotatable bonds is 5. The number of carbonyl (C=O) groups excluding carboxylic acids is 1. The molecule has 0 spiro atoms. The van der Waals surface area contributed by atoms with Gasteiger partial charge in [-0.25, -0.2) is 0 Å². The Bertz CT molecular complexity index is 543. The van der Waals surface area contributed by atoms with Crippen molar-refractivity contribution in [3.63, 3.8) is 0 Å². The molecule has 1 heterocycles. The van der Waals surface area contributed by atoms with Crippen LogP contribution in [0.1, 0.15) is 18.6 Å². The van der Waals surface area contributed by atoms with Gasteiger partial charge in [-0.05, 0) is 12.5 Å². The molecule has 2 rings (SSSR count). The van der Waals surface area contributed by atoms with Gasteiger partial charge in [-0.1, -0.05) is 36.4 Å². The molecule has 1 aromatic heterocycles. The molecule has 0 aliphatic carbocycles. The first-order valence-corrected chi connectivity index (χ1v) is 6.63. The molecule has 2 aromatic rings. The fraction of sp³-hybridized carbons (Fsp3) is 0.250. The van der Waals surface area contributed by atoms with Crippen molar-refractivity contribution in [2.75, 3.05) is 0 Å². The molecule has 1 amide bonds. The van der Waals surface area contributed by atoms with Crippen LogP contribution in [0.15, 0.2) is 60.9 Å². The summed E-state index contributed by atoms with van der Waals surface area (Å²) in [6.45, 7) is 2.04. The number of aliphatic hydroxyl groups is 1. The topological polar surface area (TPSA) is 53.2 Å². The zero-order valence-corrected chi connectivity index (χ0v) is 11.4. The van der Waals surface area contributed by atoms with Crippen molar-refractivity contribution in [2.24, 2.45) is 0 Å². The Balaban J connectivity index is 1.91. The number of aromatic nitrogens is 1. The predicted octanol–water partition coefficient (Wildman–Crippen LogP) is 1.21. The number of hydrogen-bond acceptors (Lipinski definition) is 2. The summed E-state index contributed by atoms with van der Waals surface area (Å²) in [5.74, 6) is -0.122. The van der Waals surface area contributed by atoms with Gasteiger partial charge in [0, 0.05) is 12.1 Å². The molecule has 104 valence electrons. The second-order valence-corrected chi connectivity index (χ2v) is 4.76. The highest BCUT2D eigenvalue weighted by Gasteiger charge is 2.19. The molecule has 0 saturated carbocycles. The minimum absolute atomic E-state index is 0.122.